The van der Waals surface area contributed by atoms with Crippen LogP contribution in [0.3, 0.4) is 0 Å². The predicted octanol–water partition coefficient (Wildman–Crippen LogP) is 3.00. The van der Waals surface area contributed by atoms with Crippen LogP contribution >= 0.6 is 15.9 Å². The summed E-state index contributed by atoms with van der Waals surface area (Å²) in [7, 11) is 0. The largest absolute Gasteiger partial charge is 0.378 e. The number of hydrogen-bond acceptors (Lipinski definition) is 4. The number of nitrogens with zero attached hydrogens (tertiary/aromatic N) is 2. The number of aromatic nitrogens is 2. The second kappa shape index (κ2) is 5.18. The topological polar surface area (TPSA) is 83.8 Å². The monoisotopic (exact) mass is 310 g/mol. The molecular formula is C11H11BrN4O2. The minimum Gasteiger partial charge on any atom is -0.378 e. The number of benzene rings is 1. The van der Waals surface area contributed by atoms with Crippen molar-refractivity contribution in [1.82, 2.24) is 10.2 Å². The fourth-order valence-corrected chi connectivity index (χ4v) is 2.05. The van der Waals surface area contributed by atoms with Crippen LogP contribution in [0.5, 0.6) is 0 Å². The molecule has 94 valence electrons. The third-order valence-electron chi connectivity index (χ3n) is 2.51. The number of nitro benzene ring substituents is 1. The molecule has 6 nitrogen and oxygen atoms in total. The van der Waals surface area contributed by atoms with Crippen LogP contribution in [-0.2, 0) is 6.54 Å². The molecule has 0 saturated heterocycles. The second-order valence-electron chi connectivity index (χ2n) is 3.81. The van der Waals surface area contributed by atoms with Gasteiger partial charge in [0.15, 0.2) is 0 Å². The van der Waals surface area contributed by atoms with Gasteiger partial charge in [-0.1, -0.05) is 0 Å². The Balaban J connectivity index is 2.19. The van der Waals surface area contributed by atoms with Gasteiger partial charge in [-0.3, -0.25) is 15.2 Å². The van der Waals surface area contributed by atoms with Crippen molar-refractivity contribution in [2.75, 3.05) is 5.32 Å². The maximum absolute atomic E-state index is 10.8. The molecule has 0 spiro atoms. The number of anilines is 1. The maximum Gasteiger partial charge on any atom is 0.273 e. The van der Waals surface area contributed by atoms with Crippen molar-refractivity contribution in [3.05, 3.63) is 50.2 Å². The number of nitrogens with one attached hydrogen (secondary N) is 2. The van der Waals surface area contributed by atoms with Crippen molar-refractivity contribution in [3.63, 3.8) is 0 Å². The first-order chi connectivity index (χ1) is 8.58. The van der Waals surface area contributed by atoms with E-state index in [9.17, 15) is 10.1 Å². The van der Waals surface area contributed by atoms with E-state index >= 15 is 0 Å². The molecule has 0 bridgehead atoms. The number of halogens is 1. The zero-order valence-electron chi connectivity index (χ0n) is 9.61. The lowest BCUT2D eigenvalue weighted by molar-refractivity contribution is -0.385. The molecule has 0 unspecified atom stereocenters. The van der Waals surface area contributed by atoms with Crippen molar-refractivity contribution in [2.45, 2.75) is 13.5 Å². The molecule has 0 aliphatic rings. The van der Waals surface area contributed by atoms with Crippen LogP contribution in [-0.4, -0.2) is 15.1 Å². The lowest BCUT2D eigenvalue weighted by atomic mass is 10.2. The van der Waals surface area contributed by atoms with E-state index in [-0.39, 0.29) is 5.69 Å². The van der Waals surface area contributed by atoms with E-state index < -0.39 is 4.92 Å². The van der Waals surface area contributed by atoms with Crippen LogP contribution in [0.25, 0.3) is 0 Å². The zero-order chi connectivity index (χ0) is 13.1. The summed E-state index contributed by atoms with van der Waals surface area (Å²) >= 11 is 3.32. The van der Waals surface area contributed by atoms with Crippen LogP contribution in [0.15, 0.2) is 28.9 Å². The second-order valence-corrected chi connectivity index (χ2v) is 4.67. The molecule has 0 fully saturated rings. The highest BCUT2D eigenvalue weighted by Crippen LogP contribution is 2.30. The Morgan fingerprint density at radius 1 is 1.56 bits per heavy atom. The quantitative estimate of drug-likeness (QED) is 0.671. The Morgan fingerprint density at radius 2 is 2.33 bits per heavy atom. The molecule has 0 aliphatic carbocycles. The van der Waals surface area contributed by atoms with Crippen molar-refractivity contribution < 1.29 is 4.92 Å². The summed E-state index contributed by atoms with van der Waals surface area (Å²) in [5.74, 6) is 0. The molecule has 0 atom stereocenters. The summed E-state index contributed by atoms with van der Waals surface area (Å²) in [4.78, 5) is 10.4. The summed E-state index contributed by atoms with van der Waals surface area (Å²) in [5.41, 5.74) is 2.48. The smallest absolute Gasteiger partial charge is 0.273 e. The fraction of sp³-hybridized carbons (Fsp3) is 0.182. The van der Waals surface area contributed by atoms with E-state index in [2.05, 4.69) is 31.4 Å². The Kier molecular flexibility index (Phi) is 3.61. The molecule has 1 heterocycles. The lowest BCUT2D eigenvalue weighted by Crippen LogP contribution is -2.02. The van der Waals surface area contributed by atoms with E-state index in [1.54, 1.807) is 19.2 Å². The zero-order valence-corrected chi connectivity index (χ0v) is 11.2. The van der Waals surface area contributed by atoms with Gasteiger partial charge in [0.2, 0.25) is 0 Å². The first kappa shape index (κ1) is 12.6. The number of nitro groups is 1. The van der Waals surface area contributed by atoms with Crippen LogP contribution in [0.2, 0.25) is 0 Å². The van der Waals surface area contributed by atoms with E-state index in [0.29, 0.717) is 16.6 Å². The Bertz CT molecular complexity index is 569. The van der Waals surface area contributed by atoms with E-state index in [1.165, 1.54) is 6.07 Å². The number of aromatic amines is 1. The van der Waals surface area contributed by atoms with Crippen molar-refractivity contribution in [2.24, 2.45) is 0 Å². The summed E-state index contributed by atoms with van der Waals surface area (Å²) in [6.45, 7) is 2.29. The maximum atomic E-state index is 10.8. The fourth-order valence-electron chi connectivity index (χ4n) is 1.58. The van der Waals surface area contributed by atoms with Gasteiger partial charge in [-0.2, -0.15) is 5.10 Å². The van der Waals surface area contributed by atoms with Crippen LogP contribution in [0.1, 0.15) is 11.3 Å². The molecule has 1 aromatic carbocycles. The number of rotatable bonds is 4. The van der Waals surface area contributed by atoms with E-state index in [0.717, 1.165) is 11.4 Å². The highest BCUT2D eigenvalue weighted by Gasteiger charge is 2.13. The van der Waals surface area contributed by atoms with Crippen molar-refractivity contribution >= 4 is 27.3 Å². The van der Waals surface area contributed by atoms with Gasteiger partial charge in [-0.15, -0.1) is 0 Å². The van der Waals surface area contributed by atoms with Gasteiger partial charge in [0.25, 0.3) is 5.69 Å². The molecule has 7 heteroatoms. The molecule has 2 N–H and O–H groups in total. The summed E-state index contributed by atoms with van der Waals surface area (Å²) < 4.78 is 0.666. The highest BCUT2D eigenvalue weighted by atomic mass is 79.9. The van der Waals surface area contributed by atoms with Crippen LogP contribution in [0.4, 0.5) is 11.4 Å². The Morgan fingerprint density at radius 3 is 2.94 bits per heavy atom. The third-order valence-corrected chi connectivity index (χ3v) is 3.17. The molecule has 0 amide bonds. The van der Waals surface area contributed by atoms with Gasteiger partial charge < -0.3 is 5.32 Å². The van der Waals surface area contributed by atoms with Crippen LogP contribution < -0.4 is 5.32 Å². The number of aryl methyl sites for hydroxylation is 1. The molecule has 0 saturated carbocycles. The Labute approximate surface area is 112 Å². The van der Waals surface area contributed by atoms with Crippen molar-refractivity contribution in [1.29, 1.82) is 0 Å². The van der Waals surface area contributed by atoms with E-state index in [4.69, 9.17) is 0 Å². The van der Waals surface area contributed by atoms with Gasteiger partial charge in [0, 0.05) is 28.0 Å². The number of hydrogen-bond donors (Lipinski definition) is 2. The molecule has 1 aromatic heterocycles. The minimum atomic E-state index is -0.390. The highest BCUT2D eigenvalue weighted by molar-refractivity contribution is 9.10. The minimum absolute atomic E-state index is 0.106. The first-order valence-corrected chi connectivity index (χ1v) is 6.04. The average Bonchev–Trinajstić information content (AvgIpc) is 2.82. The van der Waals surface area contributed by atoms with Gasteiger partial charge in [0.05, 0.1) is 17.2 Å². The summed E-state index contributed by atoms with van der Waals surface area (Å²) in [5, 5.41) is 20.6. The molecule has 2 aromatic rings. The van der Waals surface area contributed by atoms with Crippen LogP contribution in [0, 0.1) is 17.0 Å². The summed E-state index contributed by atoms with van der Waals surface area (Å²) in [6, 6.07) is 5.11. The van der Waals surface area contributed by atoms with Gasteiger partial charge in [-0.05, 0) is 35.0 Å². The molecule has 0 radical (unpaired) electrons. The molecule has 0 aliphatic heterocycles. The predicted molar refractivity (Wildman–Crippen MR) is 71.4 cm³/mol. The standard InChI is InChI=1S/C11H11BrN4O2/c1-7-4-10(9(12)5-11(7)16(17)18)13-6-8-2-3-14-15-8/h2-5,13H,6H2,1H3,(H,14,15). The van der Waals surface area contributed by atoms with Gasteiger partial charge in [-0.25, -0.2) is 0 Å². The molecule has 18 heavy (non-hydrogen) atoms. The van der Waals surface area contributed by atoms with Gasteiger partial charge >= 0.3 is 0 Å². The first-order valence-electron chi connectivity index (χ1n) is 5.24. The summed E-state index contributed by atoms with van der Waals surface area (Å²) in [6.07, 6.45) is 1.67. The SMILES string of the molecule is Cc1cc(NCc2ccn[nH]2)c(Br)cc1[N+](=O)[O-]. The average molecular weight is 311 g/mol. The van der Waals surface area contributed by atoms with Crippen molar-refractivity contribution in [3.8, 4) is 0 Å². The van der Waals surface area contributed by atoms with E-state index in [1.807, 2.05) is 6.07 Å². The normalized spacial score (nSPS) is 10.3. The molecule has 2 rings (SSSR count). The molecular weight excluding hydrogens is 300 g/mol. The van der Waals surface area contributed by atoms with Gasteiger partial charge in [0.1, 0.15) is 0 Å². The third kappa shape index (κ3) is 2.67. The lowest BCUT2D eigenvalue weighted by Gasteiger charge is -2.08. The Hall–Kier alpha value is -1.89. The number of H-pyrrole nitrogens is 1.